The lowest BCUT2D eigenvalue weighted by atomic mass is 10.1. The molecule has 25 heavy (non-hydrogen) atoms. The first-order chi connectivity index (χ1) is 12.0. The monoisotopic (exact) mass is 341 g/mol. The van der Waals surface area contributed by atoms with Gasteiger partial charge in [-0.15, -0.1) is 0 Å². The first-order valence-electron chi connectivity index (χ1n) is 8.12. The molecule has 8 heteroatoms. The Hall–Kier alpha value is -3.03. The van der Waals surface area contributed by atoms with Gasteiger partial charge in [-0.1, -0.05) is 12.1 Å². The molecule has 8 nitrogen and oxygen atoms in total. The zero-order valence-corrected chi connectivity index (χ0v) is 14.2. The highest BCUT2D eigenvalue weighted by Crippen LogP contribution is 2.25. The number of nitro groups is 1. The van der Waals surface area contributed by atoms with Crippen LogP contribution in [0.25, 0.3) is 0 Å². The molecule has 0 unspecified atom stereocenters. The van der Waals surface area contributed by atoms with Gasteiger partial charge in [-0.25, -0.2) is 9.97 Å². The lowest BCUT2D eigenvalue weighted by molar-refractivity contribution is -0.385. The van der Waals surface area contributed by atoms with Crippen molar-refractivity contribution in [3.63, 3.8) is 0 Å². The highest BCUT2D eigenvalue weighted by atomic mass is 16.6. The van der Waals surface area contributed by atoms with E-state index in [4.69, 9.17) is 0 Å². The smallest absolute Gasteiger partial charge is 0.282 e. The summed E-state index contributed by atoms with van der Waals surface area (Å²) in [6, 6.07) is 5.85. The van der Waals surface area contributed by atoms with E-state index < -0.39 is 10.8 Å². The van der Waals surface area contributed by atoms with Gasteiger partial charge < -0.3 is 10.2 Å². The van der Waals surface area contributed by atoms with Crippen molar-refractivity contribution >= 4 is 23.2 Å². The van der Waals surface area contributed by atoms with Crippen molar-refractivity contribution in [2.24, 2.45) is 0 Å². The first kappa shape index (κ1) is 16.8. The van der Waals surface area contributed by atoms with Crippen LogP contribution < -0.4 is 10.2 Å². The number of aryl methyl sites for hydroxylation is 2. The first-order valence-corrected chi connectivity index (χ1v) is 8.12. The van der Waals surface area contributed by atoms with Crippen molar-refractivity contribution in [1.82, 2.24) is 9.97 Å². The molecule has 2 heterocycles. The average molecular weight is 341 g/mol. The van der Waals surface area contributed by atoms with Crippen molar-refractivity contribution in [3.8, 4) is 0 Å². The Morgan fingerprint density at radius 2 is 1.76 bits per heavy atom. The summed E-state index contributed by atoms with van der Waals surface area (Å²) in [5.41, 5.74) is 1.55. The third kappa shape index (κ3) is 3.42. The van der Waals surface area contributed by atoms with Gasteiger partial charge in [-0.3, -0.25) is 14.9 Å². The summed E-state index contributed by atoms with van der Waals surface area (Å²) in [7, 11) is 0. The van der Waals surface area contributed by atoms with E-state index in [1.807, 2.05) is 0 Å². The van der Waals surface area contributed by atoms with Crippen LogP contribution in [0.5, 0.6) is 0 Å². The molecule has 0 bridgehead atoms. The third-order valence-electron chi connectivity index (χ3n) is 4.23. The lowest BCUT2D eigenvalue weighted by Gasteiger charge is -2.18. The molecule has 2 aromatic rings. The Morgan fingerprint density at radius 1 is 1.16 bits per heavy atom. The summed E-state index contributed by atoms with van der Waals surface area (Å²) in [6.07, 6.45) is 2.25. The number of anilines is 2. The van der Waals surface area contributed by atoms with Crippen molar-refractivity contribution < 1.29 is 9.72 Å². The highest BCUT2D eigenvalue weighted by Gasteiger charge is 2.22. The Morgan fingerprint density at radius 3 is 2.36 bits per heavy atom. The number of carbonyl (C=O) groups is 1. The van der Waals surface area contributed by atoms with Crippen LogP contribution in [0.4, 0.5) is 17.3 Å². The molecule has 1 aromatic heterocycles. The van der Waals surface area contributed by atoms with E-state index in [0.717, 1.165) is 25.9 Å². The number of carbonyl (C=O) groups excluding carboxylic acids is 1. The quantitative estimate of drug-likeness (QED) is 0.678. The number of aromatic nitrogens is 2. The predicted molar refractivity (Wildman–Crippen MR) is 94.0 cm³/mol. The zero-order chi connectivity index (χ0) is 18.0. The number of amides is 1. The van der Waals surface area contributed by atoms with E-state index in [1.54, 1.807) is 19.9 Å². The number of rotatable bonds is 4. The third-order valence-corrected chi connectivity index (χ3v) is 4.23. The Bertz CT molecular complexity index is 808. The topological polar surface area (TPSA) is 101 Å². The summed E-state index contributed by atoms with van der Waals surface area (Å²) in [5.74, 6) is 0.118. The van der Waals surface area contributed by atoms with Crippen molar-refractivity contribution in [1.29, 1.82) is 0 Å². The molecule has 0 spiro atoms. The molecule has 130 valence electrons. The second kappa shape index (κ2) is 6.84. The van der Waals surface area contributed by atoms with Crippen LogP contribution in [-0.4, -0.2) is 33.9 Å². The summed E-state index contributed by atoms with van der Waals surface area (Å²) in [4.78, 5) is 34.1. The van der Waals surface area contributed by atoms with Gasteiger partial charge in [0.2, 0.25) is 5.95 Å². The van der Waals surface area contributed by atoms with Crippen LogP contribution in [-0.2, 0) is 0 Å². The van der Waals surface area contributed by atoms with Crippen molar-refractivity contribution in [3.05, 3.63) is 51.3 Å². The lowest BCUT2D eigenvalue weighted by Crippen LogP contribution is -2.22. The molecule has 0 saturated carbocycles. The number of hydrogen-bond acceptors (Lipinski definition) is 6. The van der Waals surface area contributed by atoms with Gasteiger partial charge in [0.05, 0.1) is 22.0 Å². The zero-order valence-electron chi connectivity index (χ0n) is 14.2. The van der Waals surface area contributed by atoms with Crippen LogP contribution >= 0.6 is 0 Å². The van der Waals surface area contributed by atoms with E-state index in [1.165, 1.54) is 18.2 Å². The molecule has 1 fully saturated rings. The maximum atomic E-state index is 12.5. The standard InChI is InChI=1S/C17H19N5O3/c1-11-15(12(2)19-17(18-11)21-9-5-6-10-21)20-16(23)13-7-3-4-8-14(13)22(24)25/h3-4,7-8H,5-6,9-10H2,1-2H3,(H,20,23). The number of hydrogen-bond donors (Lipinski definition) is 1. The Labute approximate surface area is 145 Å². The van der Waals surface area contributed by atoms with E-state index >= 15 is 0 Å². The van der Waals surface area contributed by atoms with Crippen molar-refractivity contribution in [2.75, 3.05) is 23.3 Å². The van der Waals surface area contributed by atoms with Crippen LogP contribution in [0.2, 0.25) is 0 Å². The molecule has 3 rings (SSSR count). The molecule has 1 N–H and O–H groups in total. The second-order valence-corrected chi connectivity index (χ2v) is 5.99. The van der Waals surface area contributed by atoms with E-state index in [0.29, 0.717) is 23.0 Å². The minimum absolute atomic E-state index is 0.00918. The van der Waals surface area contributed by atoms with Gasteiger partial charge in [-0.05, 0) is 32.8 Å². The van der Waals surface area contributed by atoms with Crippen LogP contribution in [0.1, 0.15) is 34.6 Å². The molecular weight excluding hydrogens is 322 g/mol. The number of nitro benzene ring substituents is 1. The van der Waals surface area contributed by atoms with E-state index in [-0.39, 0.29) is 11.3 Å². The molecule has 1 aliphatic rings. The number of para-hydroxylation sites is 1. The molecule has 1 amide bonds. The SMILES string of the molecule is Cc1nc(N2CCCC2)nc(C)c1NC(=O)c1ccccc1[N+](=O)[O-]. The van der Waals surface area contributed by atoms with Crippen LogP contribution in [0.15, 0.2) is 24.3 Å². The van der Waals surface area contributed by atoms with Crippen LogP contribution in [0, 0.1) is 24.0 Å². The van der Waals surface area contributed by atoms with E-state index in [2.05, 4.69) is 20.2 Å². The minimum atomic E-state index is -0.568. The maximum Gasteiger partial charge on any atom is 0.282 e. The average Bonchev–Trinajstić information content (AvgIpc) is 3.12. The largest absolute Gasteiger partial charge is 0.341 e. The molecule has 0 atom stereocenters. The number of nitrogens with one attached hydrogen (secondary N) is 1. The normalized spacial score (nSPS) is 13.8. The van der Waals surface area contributed by atoms with Crippen LogP contribution in [0.3, 0.4) is 0 Å². The summed E-state index contributed by atoms with van der Waals surface area (Å²) >= 11 is 0. The van der Waals surface area contributed by atoms with Gasteiger partial charge >= 0.3 is 0 Å². The molecule has 0 radical (unpaired) electrons. The fraction of sp³-hybridized carbons (Fsp3) is 0.353. The second-order valence-electron chi connectivity index (χ2n) is 5.99. The molecular formula is C17H19N5O3. The summed E-state index contributed by atoms with van der Waals surface area (Å²) < 4.78 is 0. The Kier molecular flexibility index (Phi) is 4.60. The summed E-state index contributed by atoms with van der Waals surface area (Å²) in [6.45, 7) is 5.45. The Balaban J connectivity index is 1.88. The molecule has 1 aliphatic heterocycles. The summed E-state index contributed by atoms with van der Waals surface area (Å²) in [5, 5.41) is 13.8. The number of nitrogens with zero attached hydrogens (tertiary/aromatic N) is 4. The van der Waals surface area contributed by atoms with Crippen molar-refractivity contribution in [2.45, 2.75) is 26.7 Å². The predicted octanol–water partition coefficient (Wildman–Crippen LogP) is 2.85. The van der Waals surface area contributed by atoms with Gasteiger partial charge in [0.25, 0.3) is 11.6 Å². The maximum absolute atomic E-state index is 12.5. The van der Waals surface area contributed by atoms with Gasteiger partial charge in [-0.2, -0.15) is 0 Å². The fourth-order valence-electron chi connectivity index (χ4n) is 2.94. The molecule has 1 saturated heterocycles. The molecule has 0 aliphatic carbocycles. The molecule has 1 aromatic carbocycles. The van der Waals surface area contributed by atoms with Gasteiger partial charge in [0.1, 0.15) is 5.56 Å². The minimum Gasteiger partial charge on any atom is -0.341 e. The highest BCUT2D eigenvalue weighted by molar-refractivity contribution is 6.07. The number of benzene rings is 1. The van der Waals surface area contributed by atoms with Gasteiger partial charge in [0.15, 0.2) is 0 Å². The van der Waals surface area contributed by atoms with Gasteiger partial charge in [0, 0.05) is 19.2 Å². The fourth-order valence-corrected chi connectivity index (χ4v) is 2.94. The van der Waals surface area contributed by atoms with E-state index in [9.17, 15) is 14.9 Å².